The van der Waals surface area contributed by atoms with Crippen LogP contribution in [0.25, 0.3) is 0 Å². The summed E-state index contributed by atoms with van der Waals surface area (Å²) >= 11 is -0.750. The van der Waals surface area contributed by atoms with E-state index in [1.54, 1.807) is 0 Å². The van der Waals surface area contributed by atoms with E-state index in [0.717, 1.165) is 5.69 Å². The molecule has 102 valence electrons. The molecule has 0 aliphatic carbocycles. The van der Waals surface area contributed by atoms with Gasteiger partial charge in [0, 0.05) is 18.5 Å². The summed E-state index contributed by atoms with van der Waals surface area (Å²) in [7, 11) is -2.88. The highest BCUT2D eigenvalue weighted by molar-refractivity contribution is 7.90. The molecule has 0 spiro atoms. The molecule has 1 aromatic rings. The Kier molecular flexibility index (Phi) is 7.45. The van der Waals surface area contributed by atoms with Crippen molar-refractivity contribution in [2.24, 2.45) is 0 Å². The van der Waals surface area contributed by atoms with E-state index in [2.05, 4.69) is 11.4 Å². The van der Waals surface area contributed by atoms with Crippen molar-refractivity contribution in [2.75, 3.05) is 23.9 Å². The van der Waals surface area contributed by atoms with Crippen molar-refractivity contribution in [3.63, 3.8) is 0 Å². The van der Waals surface area contributed by atoms with Gasteiger partial charge in [-0.2, -0.15) is 8.42 Å². The van der Waals surface area contributed by atoms with Gasteiger partial charge in [0.2, 0.25) is 0 Å². The molecule has 7 heteroatoms. The van der Waals surface area contributed by atoms with E-state index in [4.69, 9.17) is 8.42 Å². The zero-order chi connectivity index (χ0) is 14.2. The molecule has 18 heavy (non-hydrogen) atoms. The van der Waals surface area contributed by atoms with Crippen molar-refractivity contribution in [3.05, 3.63) is 29.3 Å². The molecule has 0 amide bonds. The van der Waals surface area contributed by atoms with Gasteiger partial charge in [0.05, 0.1) is 5.75 Å². The van der Waals surface area contributed by atoms with E-state index in [0.29, 0.717) is 6.54 Å². The molecule has 5 nitrogen and oxygen atoms in total. The van der Waals surface area contributed by atoms with Crippen LogP contribution in [0.5, 0.6) is 0 Å². The highest BCUT2D eigenvalue weighted by Crippen LogP contribution is 2.13. The maximum atomic E-state index is 10.9. The number of hydrogen-bond acceptors (Lipinski definition) is 5. The summed E-state index contributed by atoms with van der Waals surface area (Å²) in [6.45, 7) is 4.51. The summed E-state index contributed by atoms with van der Waals surface area (Å²) in [6.07, 6.45) is 1.25. The number of rotatable bonds is 4. The average molecular weight is 291 g/mol. The lowest BCUT2D eigenvalue weighted by Crippen LogP contribution is -2.14. The molecule has 0 aromatic heterocycles. The number of nitrogens with one attached hydrogen (secondary N) is 1. The first-order chi connectivity index (χ1) is 8.28. The predicted molar refractivity (Wildman–Crippen MR) is 73.0 cm³/mol. The Morgan fingerprint density at radius 1 is 1.11 bits per heavy atom. The molecule has 0 unspecified atom stereocenters. The zero-order valence-corrected chi connectivity index (χ0v) is 12.2. The van der Waals surface area contributed by atoms with Crippen molar-refractivity contribution >= 4 is 27.1 Å². The molecule has 0 saturated heterocycles. The summed E-state index contributed by atoms with van der Waals surface area (Å²) in [4.78, 5) is 0. The van der Waals surface area contributed by atoms with Crippen molar-refractivity contribution in [1.82, 2.24) is 0 Å². The highest BCUT2D eigenvalue weighted by atomic mass is 32.2. The van der Waals surface area contributed by atoms with Gasteiger partial charge in [0.25, 0.3) is 0 Å². The molecule has 0 atom stereocenters. The van der Waals surface area contributed by atoms with Crippen LogP contribution in [0.1, 0.15) is 11.1 Å². The third kappa shape index (κ3) is 8.89. The normalized spacial score (nSPS) is 10.2. The van der Waals surface area contributed by atoms with Crippen molar-refractivity contribution in [1.29, 1.82) is 0 Å². The Bertz CT molecular complexity index is 500. The fourth-order valence-electron chi connectivity index (χ4n) is 1.46. The Labute approximate surface area is 111 Å². The van der Waals surface area contributed by atoms with Crippen molar-refractivity contribution in [2.45, 2.75) is 13.8 Å². The van der Waals surface area contributed by atoms with E-state index < -0.39 is 21.4 Å². The minimum Gasteiger partial charge on any atom is -0.384 e. The van der Waals surface area contributed by atoms with Gasteiger partial charge in [-0.25, -0.2) is 8.42 Å². The smallest absolute Gasteiger partial charge is 0.335 e. The largest absolute Gasteiger partial charge is 0.384 e. The molecule has 0 bridgehead atoms. The van der Waals surface area contributed by atoms with E-state index in [1.807, 2.05) is 26.0 Å². The number of aryl methyl sites for hydroxylation is 2. The summed E-state index contributed by atoms with van der Waals surface area (Å²) in [5, 5.41) is 3.10. The Hall–Kier alpha value is -1.21. The van der Waals surface area contributed by atoms with Crippen molar-refractivity contribution in [3.8, 4) is 0 Å². The second kappa shape index (κ2) is 7.99. The number of sulfone groups is 1. The number of benzene rings is 1. The number of anilines is 1. The summed E-state index contributed by atoms with van der Waals surface area (Å²) in [5.74, 6) is 0.167. The molecule has 0 saturated carbocycles. The summed E-state index contributed by atoms with van der Waals surface area (Å²) in [6, 6.07) is 6.10. The SMILES string of the molecule is Cc1cc(C)cc(NCCS(C)(=O)=O)c1.O=S=O. The second-order valence-electron chi connectivity index (χ2n) is 4.00. The minimum absolute atomic E-state index is 0.167. The molecule has 1 rings (SSSR count). The molecule has 0 aliphatic rings. The standard InChI is InChI=1S/C11H17NO2S.O2S/c1-9-6-10(2)8-11(7-9)12-4-5-15(3,13)14;1-3-2/h6-8,12H,4-5H2,1-3H3;. The third-order valence-corrected chi connectivity index (χ3v) is 2.97. The molecule has 1 aromatic carbocycles. The summed E-state index contributed by atoms with van der Waals surface area (Å²) in [5.41, 5.74) is 3.34. The third-order valence-electron chi connectivity index (χ3n) is 2.02. The maximum Gasteiger partial charge on any atom is 0.335 e. The second-order valence-corrected chi connectivity index (χ2v) is 6.40. The van der Waals surface area contributed by atoms with E-state index >= 15 is 0 Å². The highest BCUT2D eigenvalue weighted by Gasteiger charge is 2.01. The lowest BCUT2D eigenvalue weighted by Gasteiger charge is -2.07. The van der Waals surface area contributed by atoms with E-state index in [1.165, 1.54) is 17.4 Å². The predicted octanol–water partition coefficient (Wildman–Crippen LogP) is 1.09. The molecule has 0 radical (unpaired) electrons. The van der Waals surface area contributed by atoms with Gasteiger partial charge in [-0.3, -0.25) is 0 Å². The average Bonchev–Trinajstić information content (AvgIpc) is 2.14. The van der Waals surface area contributed by atoms with Crippen LogP contribution in [0.3, 0.4) is 0 Å². The first kappa shape index (κ1) is 16.8. The molecule has 0 aliphatic heterocycles. The summed E-state index contributed by atoms with van der Waals surface area (Å²) < 4.78 is 38.4. The fourth-order valence-corrected chi connectivity index (χ4v) is 1.93. The fraction of sp³-hybridized carbons (Fsp3) is 0.455. The van der Waals surface area contributed by atoms with Crippen LogP contribution in [-0.2, 0) is 21.4 Å². The van der Waals surface area contributed by atoms with Gasteiger partial charge < -0.3 is 5.32 Å². The van der Waals surface area contributed by atoms with Crippen LogP contribution in [0, 0.1) is 13.8 Å². The van der Waals surface area contributed by atoms with Crippen LogP contribution < -0.4 is 5.32 Å². The van der Waals surface area contributed by atoms with Crippen LogP contribution in [0.15, 0.2) is 18.2 Å². The maximum absolute atomic E-state index is 10.9. The topological polar surface area (TPSA) is 80.3 Å². The molecular weight excluding hydrogens is 274 g/mol. The van der Waals surface area contributed by atoms with E-state index in [9.17, 15) is 8.42 Å². The van der Waals surface area contributed by atoms with Gasteiger partial charge >= 0.3 is 11.6 Å². The van der Waals surface area contributed by atoms with E-state index in [-0.39, 0.29) is 5.75 Å². The first-order valence-electron chi connectivity index (χ1n) is 5.20. The van der Waals surface area contributed by atoms with Crippen molar-refractivity contribution < 1.29 is 16.8 Å². The van der Waals surface area contributed by atoms with Gasteiger partial charge in [-0.1, -0.05) is 6.07 Å². The minimum atomic E-state index is -2.88. The van der Waals surface area contributed by atoms with Crippen LogP contribution >= 0.6 is 0 Å². The van der Waals surface area contributed by atoms with Gasteiger partial charge in [0.1, 0.15) is 9.84 Å². The lowest BCUT2D eigenvalue weighted by atomic mass is 10.1. The van der Waals surface area contributed by atoms with Gasteiger partial charge in [-0.05, 0) is 37.1 Å². The molecular formula is C11H17NO4S2. The number of hydrogen-bond donors (Lipinski definition) is 1. The lowest BCUT2D eigenvalue weighted by molar-refractivity contribution is 0.602. The van der Waals surface area contributed by atoms with Gasteiger partial charge in [0.15, 0.2) is 0 Å². The Morgan fingerprint density at radius 2 is 1.56 bits per heavy atom. The van der Waals surface area contributed by atoms with Crippen LogP contribution in [0.4, 0.5) is 5.69 Å². The quantitative estimate of drug-likeness (QED) is 0.898. The zero-order valence-electron chi connectivity index (χ0n) is 10.6. The molecule has 0 fully saturated rings. The monoisotopic (exact) mass is 291 g/mol. The molecule has 0 heterocycles. The molecule has 1 N–H and O–H groups in total. The first-order valence-corrected chi connectivity index (χ1v) is 7.93. The Balaban J connectivity index is 0.000000873. The van der Waals surface area contributed by atoms with Gasteiger partial charge in [-0.15, -0.1) is 0 Å². The van der Waals surface area contributed by atoms with Crippen LogP contribution in [-0.4, -0.2) is 35.4 Å². The Morgan fingerprint density at radius 3 is 1.94 bits per heavy atom. The van der Waals surface area contributed by atoms with Crippen LogP contribution in [0.2, 0.25) is 0 Å².